The number of amides is 1. The molecular weight excluding hydrogens is 376 g/mol. The molecule has 0 aliphatic heterocycles. The summed E-state index contributed by atoms with van der Waals surface area (Å²) in [6.07, 6.45) is 1.17. The van der Waals surface area contributed by atoms with Gasteiger partial charge in [-0.3, -0.25) is 4.79 Å². The van der Waals surface area contributed by atoms with Crippen LogP contribution in [0.3, 0.4) is 0 Å². The molecule has 0 bridgehead atoms. The summed E-state index contributed by atoms with van der Waals surface area (Å²) < 4.78 is 29.7. The molecule has 0 radical (unpaired) electrons. The van der Waals surface area contributed by atoms with Gasteiger partial charge in [-0.2, -0.15) is 0 Å². The van der Waals surface area contributed by atoms with Crippen molar-refractivity contribution in [1.29, 1.82) is 0 Å². The molecule has 1 atom stereocenters. The summed E-state index contributed by atoms with van der Waals surface area (Å²) in [5.74, 6) is 0.356. The van der Waals surface area contributed by atoms with Crippen LogP contribution in [-0.4, -0.2) is 38.5 Å². The summed E-state index contributed by atoms with van der Waals surface area (Å²) in [6, 6.07) is 13.1. The van der Waals surface area contributed by atoms with Gasteiger partial charge in [-0.25, -0.2) is 12.7 Å². The predicted octanol–water partition coefficient (Wildman–Crippen LogP) is 2.95. The van der Waals surface area contributed by atoms with Gasteiger partial charge in [0.1, 0.15) is 5.75 Å². The second-order valence-electron chi connectivity index (χ2n) is 7.10. The monoisotopic (exact) mass is 404 g/mol. The molecule has 7 heteroatoms. The van der Waals surface area contributed by atoms with Gasteiger partial charge in [-0.05, 0) is 49.6 Å². The Kier molecular flexibility index (Phi) is 7.21. The van der Waals surface area contributed by atoms with Gasteiger partial charge in [0, 0.05) is 13.6 Å². The van der Waals surface area contributed by atoms with Crippen molar-refractivity contribution in [3.63, 3.8) is 0 Å². The minimum Gasteiger partial charge on any atom is -0.484 e. The van der Waals surface area contributed by atoms with E-state index in [-0.39, 0.29) is 25.1 Å². The highest BCUT2D eigenvalue weighted by molar-refractivity contribution is 7.88. The lowest BCUT2D eigenvalue weighted by Crippen LogP contribution is -2.31. The Bertz CT molecular complexity index is 924. The Morgan fingerprint density at radius 2 is 1.79 bits per heavy atom. The van der Waals surface area contributed by atoms with E-state index >= 15 is 0 Å². The van der Waals surface area contributed by atoms with Crippen LogP contribution in [0, 0.1) is 13.8 Å². The molecule has 0 heterocycles. The molecule has 1 amide bonds. The van der Waals surface area contributed by atoms with E-state index in [2.05, 4.69) is 11.4 Å². The molecule has 2 aromatic rings. The Morgan fingerprint density at radius 1 is 1.14 bits per heavy atom. The van der Waals surface area contributed by atoms with Crippen molar-refractivity contribution in [2.75, 3.05) is 19.9 Å². The lowest BCUT2D eigenvalue weighted by Gasteiger charge is -2.18. The van der Waals surface area contributed by atoms with Crippen molar-refractivity contribution >= 4 is 15.9 Å². The summed E-state index contributed by atoms with van der Waals surface area (Å²) in [5, 5.41) is 2.95. The predicted molar refractivity (Wildman–Crippen MR) is 111 cm³/mol. The van der Waals surface area contributed by atoms with Crippen LogP contribution >= 0.6 is 0 Å². The van der Waals surface area contributed by atoms with Crippen LogP contribution < -0.4 is 10.1 Å². The van der Waals surface area contributed by atoms with E-state index in [1.165, 1.54) is 17.6 Å². The number of benzene rings is 2. The van der Waals surface area contributed by atoms with Crippen LogP contribution in [0.4, 0.5) is 0 Å². The van der Waals surface area contributed by atoms with Crippen molar-refractivity contribution in [2.24, 2.45) is 0 Å². The molecule has 0 saturated heterocycles. The molecule has 6 nitrogen and oxygen atoms in total. The molecule has 0 aliphatic rings. The third-order valence-corrected chi connectivity index (χ3v) is 5.80. The molecular formula is C21H28N2O4S. The molecule has 0 spiro atoms. The normalized spacial score (nSPS) is 12.6. The van der Waals surface area contributed by atoms with Crippen molar-refractivity contribution in [3.05, 3.63) is 64.7 Å². The zero-order valence-electron chi connectivity index (χ0n) is 17.0. The van der Waals surface area contributed by atoms with E-state index in [1.54, 1.807) is 24.3 Å². The molecule has 2 rings (SSSR count). The smallest absolute Gasteiger partial charge is 0.258 e. The molecule has 1 N–H and O–H groups in total. The van der Waals surface area contributed by atoms with Crippen LogP contribution in [0.5, 0.6) is 5.75 Å². The average molecular weight is 405 g/mol. The van der Waals surface area contributed by atoms with Crippen LogP contribution in [0.1, 0.15) is 35.2 Å². The van der Waals surface area contributed by atoms with Gasteiger partial charge in [-0.15, -0.1) is 0 Å². The third kappa shape index (κ3) is 6.35. The summed E-state index contributed by atoms with van der Waals surface area (Å²) in [5.41, 5.74) is 4.22. The Labute approximate surface area is 167 Å². The Balaban J connectivity index is 1.88. The van der Waals surface area contributed by atoms with Crippen LogP contribution in [0.2, 0.25) is 0 Å². The molecule has 28 heavy (non-hydrogen) atoms. The van der Waals surface area contributed by atoms with Gasteiger partial charge in [0.25, 0.3) is 5.91 Å². The third-order valence-electron chi connectivity index (χ3n) is 4.54. The van der Waals surface area contributed by atoms with E-state index in [4.69, 9.17) is 4.74 Å². The molecule has 2 aromatic carbocycles. The molecule has 0 aromatic heterocycles. The summed E-state index contributed by atoms with van der Waals surface area (Å²) in [4.78, 5) is 12.2. The van der Waals surface area contributed by atoms with Crippen molar-refractivity contribution in [1.82, 2.24) is 9.62 Å². The number of aryl methyl sites for hydroxylation is 2. The van der Waals surface area contributed by atoms with Crippen molar-refractivity contribution in [3.8, 4) is 5.75 Å². The van der Waals surface area contributed by atoms with Crippen molar-refractivity contribution in [2.45, 2.75) is 33.4 Å². The highest BCUT2D eigenvalue weighted by atomic mass is 32.2. The van der Waals surface area contributed by atoms with Crippen LogP contribution in [0.15, 0.2) is 42.5 Å². The Hall–Kier alpha value is -2.38. The first-order chi connectivity index (χ1) is 13.1. The van der Waals surface area contributed by atoms with E-state index in [9.17, 15) is 13.2 Å². The number of nitrogens with zero attached hydrogens (tertiary/aromatic N) is 1. The lowest BCUT2D eigenvalue weighted by atomic mass is 10.00. The van der Waals surface area contributed by atoms with E-state index in [1.807, 2.05) is 32.9 Å². The molecule has 0 fully saturated rings. The topological polar surface area (TPSA) is 75.7 Å². The SMILES string of the molecule is Cc1ccc(C)c([C@H](C)NC(=O)COc2ccc(CN(C)S(C)(=O)=O)cc2)c1. The van der Waals surface area contributed by atoms with E-state index in [0.29, 0.717) is 5.75 Å². The fourth-order valence-corrected chi connectivity index (χ4v) is 3.19. The average Bonchev–Trinajstić information content (AvgIpc) is 2.62. The highest BCUT2D eigenvalue weighted by Gasteiger charge is 2.13. The maximum atomic E-state index is 12.2. The zero-order chi connectivity index (χ0) is 20.9. The molecule has 0 aliphatic carbocycles. The number of ether oxygens (including phenoxy) is 1. The molecule has 0 saturated carbocycles. The Morgan fingerprint density at radius 3 is 2.39 bits per heavy atom. The van der Waals surface area contributed by atoms with Gasteiger partial charge in [-0.1, -0.05) is 35.9 Å². The fraction of sp³-hybridized carbons (Fsp3) is 0.381. The largest absolute Gasteiger partial charge is 0.484 e. The first-order valence-corrected chi connectivity index (χ1v) is 10.9. The fourth-order valence-electron chi connectivity index (χ4n) is 2.80. The minimum absolute atomic E-state index is 0.0855. The second kappa shape index (κ2) is 9.21. The number of nitrogens with one attached hydrogen (secondary N) is 1. The van der Waals surface area contributed by atoms with Gasteiger partial charge in [0.2, 0.25) is 10.0 Å². The maximum Gasteiger partial charge on any atom is 0.258 e. The number of sulfonamides is 1. The number of hydrogen-bond donors (Lipinski definition) is 1. The molecule has 0 unspecified atom stereocenters. The molecule has 152 valence electrons. The van der Waals surface area contributed by atoms with Crippen molar-refractivity contribution < 1.29 is 17.9 Å². The quantitative estimate of drug-likeness (QED) is 0.734. The first kappa shape index (κ1) is 21.9. The first-order valence-electron chi connectivity index (χ1n) is 9.06. The van der Waals surface area contributed by atoms with Gasteiger partial charge < -0.3 is 10.1 Å². The minimum atomic E-state index is -3.22. The zero-order valence-corrected chi connectivity index (χ0v) is 17.8. The standard InChI is InChI=1S/C21H28N2O4S/c1-15-6-7-16(2)20(12-15)17(3)22-21(24)14-27-19-10-8-18(9-11-19)13-23(4)28(5,25)26/h6-12,17H,13-14H2,1-5H3,(H,22,24)/t17-/m0/s1. The second-order valence-corrected chi connectivity index (χ2v) is 9.19. The summed E-state index contributed by atoms with van der Waals surface area (Å²) >= 11 is 0. The number of rotatable bonds is 8. The maximum absolute atomic E-state index is 12.2. The van der Waals surface area contributed by atoms with E-state index < -0.39 is 10.0 Å². The number of carbonyl (C=O) groups excluding carboxylic acids is 1. The highest BCUT2D eigenvalue weighted by Crippen LogP contribution is 2.19. The van der Waals surface area contributed by atoms with Crippen LogP contribution in [0.25, 0.3) is 0 Å². The lowest BCUT2D eigenvalue weighted by molar-refractivity contribution is -0.123. The summed E-state index contributed by atoms with van der Waals surface area (Å²) in [7, 11) is -1.69. The van der Waals surface area contributed by atoms with Gasteiger partial charge in [0.15, 0.2) is 6.61 Å². The van der Waals surface area contributed by atoms with E-state index in [0.717, 1.165) is 22.3 Å². The number of carbonyl (C=O) groups is 1. The van der Waals surface area contributed by atoms with Crippen LogP contribution in [-0.2, 0) is 21.4 Å². The number of hydrogen-bond acceptors (Lipinski definition) is 4. The summed E-state index contributed by atoms with van der Waals surface area (Å²) in [6.45, 7) is 6.20. The van der Waals surface area contributed by atoms with Gasteiger partial charge >= 0.3 is 0 Å². The van der Waals surface area contributed by atoms with Gasteiger partial charge in [0.05, 0.1) is 12.3 Å².